The fourth-order valence-corrected chi connectivity index (χ4v) is 4.47. The molecule has 0 aliphatic rings. The highest BCUT2D eigenvalue weighted by Gasteiger charge is 2.19. The highest BCUT2D eigenvalue weighted by molar-refractivity contribution is 7.94. The Morgan fingerprint density at radius 2 is 2.00 bits per heavy atom. The van der Waals surface area contributed by atoms with Crippen LogP contribution < -0.4 is 4.72 Å². The number of nitrogens with zero attached hydrogens (tertiary/aromatic N) is 2. The van der Waals surface area contributed by atoms with E-state index in [-0.39, 0.29) is 32.2 Å². The van der Waals surface area contributed by atoms with Crippen molar-refractivity contribution in [1.29, 1.82) is 0 Å². The lowest BCUT2D eigenvalue weighted by Crippen LogP contribution is -2.13. The molecular formula is C14H10Cl2FN3O2S2. The zero-order valence-corrected chi connectivity index (χ0v) is 15.1. The lowest BCUT2D eigenvalue weighted by atomic mass is 10.2. The molecule has 0 amide bonds. The second-order valence-corrected chi connectivity index (χ2v) is 8.43. The van der Waals surface area contributed by atoms with Crippen LogP contribution in [0.3, 0.4) is 0 Å². The smallest absolute Gasteiger partial charge is 0.264 e. The average Bonchev–Trinajstić information content (AvgIpc) is 3.14. The predicted octanol–water partition coefficient (Wildman–Crippen LogP) is 4.24. The van der Waals surface area contributed by atoms with Gasteiger partial charge < -0.3 is 0 Å². The van der Waals surface area contributed by atoms with Crippen LogP contribution in [0.4, 0.5) is 10.2 Å². The highest BCUT2D eigenvalue weighted by Crippen LogP contribution is 2.26. The average molecular weight is 406 g/mol. The van der Waals surface area contributed by atoms with Gasteiger partial charge in [-0.05, 0) is 23.6 Å². The van der Waals surface area contributed by atoms with Crippen molar-refractivity contribution >= 4 is 50.4 Å². The summed E-state index contributed by atoms with van der Waals surface area (Å²) in [5.41, 5.74) is 0.242. The molecule has 3 rings (SSSR count). The zero-order valence-electron chi connectivity index (χ0n) is 11.9. The Morgan fingerprint density at radius 3 is 2.67 bits per heavy atom. The first-order valence-electron chi connectivity index (χ1n) is 6.59. The Balaban J connectivity index is 1.86. The van der Waals surface area contributed by atoms with E-state index in [0.29, 0.717) is 0 Å². The summed E-state index contributed by atoms with van der Waals surface area (Å²) in [6, 6.07) is 7.44. The standard InChI is InChI=1S/C14H10Cl2FN3O2S2/c15-10-3-1-4-12(17)9(10)7-20-8-11(16)14(18-20)19-24(21,22)13-5-2-6-23-13/h1-6,8H,7H2,(H,18,19). The van der Waals surface area contributed by atoms with E-state index in [9.17, 15) is 12.8 Å². The minimum atomic E-state index is -3.76. The lowest BCUT2D eigenvalue weighted by molar-refractivity contribution is 0.585. The number of aromatic nitrogens is 2. The van der Waals surface area contributed by atoms with Crippen LogP contribution in [0.15, 0.2) is 46.1 Å². The van der Waals surface area contributed by atoms with Crippen molar-refractivity contribution in [2.45, 2.75) is 10.8 Å². The number of hydrogen-bond donors (Lipinski definition) is 1. The van der Waals surface area contributed by atoms with Gasteiger partial charge in [-0.3, -0.25) is 9.40 Å². The van der Waals surface area contributed by atoms with Gasteiger partial charge >= 0.3 is 0 Å². The van der Waals surface area contributed by atoms with Crippen LogP contribution in [-0.2, 0) is 16.6 Å². The Labute approximate surface area is 151 Å². The SMILES string of the molecule is O=S(=O)(Nc1nn(Cc2c(F)cccc2Cl)cc1Cl)c1cccs1. The van der Waals surface area contributed by atoms with Gasteiger partial charge in [-0.15, -0.1) is 11.3 Å². The van der Waals surface area contributed by atoms with Crippen LogP contribution in [0.25, 0.3) is 0 Å². The molecule has 1 aromatic carbocycles. The van der Waals surface area contributed by atoms with Gasteiger partial charge in [-0.25, -0.2) is 12.8 Å². The molecule has 2 aromatic heterocycles. The Bertz CT molecular complexity index is 952. The van der Waals surface area contributed by atoms with Crippen molar-refractivity contribution in [3.8, 4) is 0 Å². The second-order valence-electron chi connectivity index (χ2n) is 4.76. The van der Waals surface area contributed by atoms with Crippen molar-refractivity contribution < 1.29 is 12.8 Å². The molecule has 24 heavy (non-hydrogen) atoms. The number of benzene rings is 1. The highest BCUT2D eigenvalue weighted by atomic mass is 35.5. The normalized spacial score (nSPS) is 11.6. The van der Waals surface area contributed by atoms with E-state index < -0.39 is 15.8 Å². The molecule has 0 saturated carbocycles. The van der Waals surface area contributed by atoms with E-state index in [2.05, 4.69) is 9.82 Å². The third kappa shape index (κ3) is 3.56. The molecule has 1 N–H and O–H groups in total. The molecule has 0 bridgehead atoms. The Kier molecular flexibility index (Phi) is 4.82. The first-order valence-corrected chi connectivity index (χ1v) is 9.71. The summed E-state index contributed by atoms with van der Waals surface area (Å²) in [5.74, 6) is -0.507. The largest absolute Gasteiger partial charge is 0.272 e. The van der Waals surface area contributed by atoms with Crippen molar-refractivity contribution in [3.63, 3.8) is 0 Å². The molecule has 3 aromatic rings. The molecule has 0 saturated heterocycles. The van der Waals surface area contributed by atoms with Crippen LogP contribution >= 0.6 is 34.5 Å². The molecule has 126 valence electrons. The number of nitrogens with one attached hydrogen (secondary N) is 1. The maximum Gasteiger partial charge on any atom is 0.272 e. The van der Waals surface area contributed by atoms with Gasteiger partial charge in [0, 0.05) is 16.8 Å². The summed E-state index contributed by atoms with van der Waals surface area (Å²) >= 11 is 13.1. The molecule has 0 fully saturated rings. The quantitative estimate of drug-likeness (QED) is 0.690. The molecule has 0 spiro atoms. The van der Waals surface area contributed by atoms with E-state index in [1.54, 1.807) is 17.5 Å². The maximum absolute atomic E-state index is 13.8. The third-order valence-electron chi connectivity index (χ3n) is 3.09. The Hall–Kier alpha value is -1.61. The fraction of sp³-hybridized carbons (Fsp3) is 0.0714. The maximum atomic E-state index is 13.8. The molecule has 0 aliphatic heterocycles. The summed E-state index contributed by atoms with van der Waals surface area (Å²) in [4.78, 5) is 0. The van der Waals surface area contributed by atoms with Gasteiger partial charge in [0.25, 0.3) is 10.0 Å². The van der Waals surface area contributed by atoms with E-state index in [1.165, 1.54) is 29.1 Å². The van der Waals surface area contributed by atoms with Gasteiger partial charge in [-0.2, -0.15) is 5.10 Å². The van der Waals surface area contributed by atoms with E-state index in [0.717, 1.165) is 11.3 Å². The summed E-state index contributed by atoms with van der Waals surface area (Å²) in [5, 5.41) is 6.06. The number of hydrogen-bond acceptors (Lipinski definition) is 4. The van der Waals surface area contributed by atoms with Gasteiger partial charge in [0.05, 0.1) is 6.54 Å². The number of thiophene rings is 1. The van der Waals surface area contributed by atoms with Crippen molar-refractivity contribution in [3.05, 3.63) is 63.3 Å². The number of anilines is 1. The van der Waals surface area contributed by atoms with Crippen LogP contribution in [0, 0.1) is 5.82 Å². The minimum absolute atomic E-state index is 0.0198. The number of halogens is 3. The van der Waals surface area contributed by atoms with E-state index in [4.69, 9.17) is 23.2 Å². The molecule has 0 atom stereocenters. The third-order valence-corrected chi connectivity index (χ3v) is 6.46. The van der Waals surface area contributed by atoms with Gasteiger partial charge in [-0.1, -0.05) is 35.3 Å². The van der Waals surface area contributed by atoms with E-state index >= 15 is 0 Å². The van der Waals surface area contributed by atoms with Crippen molar-refractivity contribution in [2.75, 3.05) is 4.72 Å². The molecule has 0 radical (unpaired) electrons. The monoisotopic (exact) mass is 405 g/mol. The van der Waals surface area contributed by atoms with E-state index in [1.807, 2.05) is 0 Å². The summed E-state index contributed by atoms with van der Waals surface area (Å²) in [7, 11) is -3.76. The molecule has 5 nitrogen and oxygen atoms in total. The van der Waals surface area contributed by atoms with Crippen molar-refractivity contribution in [2.24, 2.45) is 0 Å². The van der Waals surface area contributed by atoms with Crippen LogP contribution in [-0.4, -0.2) is 18.2 Å². The molecular weight excluding hydrogens is 396 g/mol. The van der Waals surface area contributed by atoms with Crippen LogP contribution in [0.1, 0.15) is 5.56 Å². The minimum Gasteiger partial charge on any atom is -0.264 e. The molecule has 0 unspecified atom stereocenters. The predicted molar refractivity (Wildman–Crippen MR) is 92.9 cm³/mol. The first-order chi connectivity index (χ1) is 11.4. The Morgan fingerprint density at radius 1 is 1.21 bits per heavy atom. The molecule has 0 aliphatic carbocycles. The summed E-state index contributed by atoms with van der Waals surface area (Å²) in [6.45, 7) is 0.0198. The van der Waals surface area contributed by atoms with Gasteiger partial charge in [0.15, 0.2) is 5.82 Å². The van der Waals surface area contributed by atoms with Gasteiger partial charge in [0.1, 0.15) is 15.0 Å². The topological polar surface area (TPSA) is 64.0 Å². The zero-order chi connectivity index (χ0) is 17.3. The second kappa shape index (κ2) is 6.72. The molecule has 2 heterocycles. The van der Waals surface area contributed by atoms with Crippen LogP contribution in [0.2, 0.25) is 10.0 Å². The number of sulfonamides is 1. The van der Waals surface area contributed by atoms with Crippen LogP contribution in [0.5, 0.6) is 0 Å². The van der Waals surface area contributed by atoms with Crippen molar-refractivity contribution in [1.82, 2.24) is 9.78 Å². The summed E-state index contributed by atoms with van der Waals surface area (Å²) < 4.78 is 42.0. The van der Waals surface area contributed by atoms with Gasteiger partial charge in [0.2, 0.25) is 0 Å². The lowest BCUT2D eigenvalue weighted by Gasteiger charge is -2.06. The first kappa shape index (κ1) is 17.2. The fourth-order valence-electron chi connectivity index (χ4n) is 1.99. The molecule has 10 heteroatoms. The summed E-state index contributed by atoms with van der Waals surface area (Å²) in [6.07, 6.45) is 1.40. The number of rotatable bonds is 5.